The van der Waals surface area contributed by atoms with Gasteiger partial charge < -0.3 is 10.1 Å². The maximum absolute atomic E-state index is 12.5. The first-order valence-corrected chi connectivity index (χ1v) is 10.6. The minimum absolute atomic E-state index is 0.0225. The molecular weight excluding hydrogens is 470 g/mol. The molecule has 0 aliphatic rings. The van der Waals surface area contributed by atoms with Gasteiger partial charge in [0.2, 0.25) is 15.9 Å². The van der Waals surface area contributed by atoms with Crippen LogP contribution >= 0.6 is 15.9 Å². The van der Waals surface area contributed by atoms with Crippen LogP contribution in [0.15, 0.2) is 57.9 Å². The molecule has 0 bridgehead atoms. The number of hydrogen-bond acceptors (Lipinski definition) is 4. The summed E-state index contributed by atoms with van der Waals surface area (Å²) in [5, 5.41) is 2.59. The Morgan fingerprint density at radius 2 is 1.93 bits per heavy atom. The molecular formula is C19H19BrF2N2O4S. The number of ether oxygens (including phenoxy) is 1. The lowest BCUT2D eigenvalue weighted by Gasteiger charge is -2.15. The number of sulfonamides is 1. The van der Waals surface area contributed by atoms with E-state index in [1.807, 2.05) is 0 Å². The standard InChI is InChI=1S/C19H19BrF2N2O4S/c1-24(2)29(26,27)17-6-4-3-5-14(17)12-23-18(25)10-7-13-11-15(20)8-9-16(13)28-19(21)22/h3-11,19H,12H2,1-2H3,(H,23,25)/b10-7+. The second-order valence-corrected chi connectivity index (χ2v) is 9.04. The summed E-state index contributed by atoms with van der Waals surface area (Å²) in [6.45, 7) is -3.02. The van der Waals surface area contributed by atoms with Crippen LogP contribution < -0.4 is 10.1 Å². The van der Waals surface area contributed by atoms with E-state index in [2.05, 4.69) is 26.0 Å². The number of benzene rings is 2. The quantitative estimate of drug-likeness (QED) is 0.575. The summed E-state index contributed by atoms with van der Waals surface area (Å²) in [6.07, 6.45) is 2.49. The molecule has 0 aromatic heterocycles. The summed E-state index contributed by atoms with van der Waals surface area (Å²) < 4.78 is 55.9. The van der Waals surface area contributed by atoms with Crippen molar-refractivity contribution >= 4 is 37.9 Å². The highest BCUT2D eigenvalue weighted by molar-refractivity contribution is 9.10. The van der Waals surface area contributed by atoms with Crippen molar-refractivity contribution < 1.29 is 26.7 Å². The Labute approximate surface area is 176 Å². The molecule has 2 aromatic carbocycles. The number of nitrogens with one attached hydrogen (secondary N) is 1. The average molecular weight is 489 g/mol. The molecule has 0 aliphatic carbocycles. The number of nitrogens with zero attached hydrogens (tertiary/aromatic N) is 1. The lowest BCUT2D eigenvalue weighted by molar-refractivity contribution is -0.116. The second-order valence-electron chi connectivity index (χ2n) is 6.01. The lowest BCUT2D eigenvalue weighted by atomic mass is 10.2. The van der Waals surface area contributed by atoms with Crippen molar-refractivity contribution in [1.82, 2.24) is 9.62 Å². The molecule has 0 atom stereocenters. The van der Waals surface area contributed by atoms with E-state index in [9.17, 15) is 22.0 Å². The minimum Gasteiger partial charge on any atom is -0.434 e. The van der Waals surface area contributed by atoms with Crippen LogP contribution in [-0.2, 0) is 21.4 Å². The van der Waals surface area contributed by atoms with Gasteiger partial charge in [-0.1, -0.05) is 34.1 Å². The predicted molar refractivity (Wildman–Crippen MR) is 109 cm³/mol. The second kappa shape index (κ2) is 9.95. The van der Waals surface area contributed by atoms with E-state index < -0.39 is 22.5 Å². The van der Waals surface area contributed by atoms with Crippen molar-refractivity contribution in [2.75, 3.05) is 14.1 Å². The van der Waals surface area contributed by atoms with Gasteiger partial charge in [-0.15, -0.1) is 0 Å². The van der Waals surface area contributed by atoms with E-state index >= 15 is 0 Å². The molecule has 1 amide bonds. The van der Waals surface area contributed by atoms with Crippen molar-refractivity contribution in [2.45, 2.75) is 18.1 Å². The van der Waals surface area contributed by atoms with Crippen LogP contribution in [0.5, 0.6) is 5.75 Å². The number of halogens is 3. The first kappa shape index (κ1) is 23.0. The van der Waals surface area contributed by atoms with E-state index in [1.165, 1.54) is 44.4 Å². The fraction of sp³-hybridized carbons (Fsp3) is 0.211. The molecule has 156 valence electrons. The Bertz CT molecular complexity index is 1010. The Hall–Kier alpha value is -2.30. The maximum Gasteiger partial charge on any atom is 0.387 e. The van der Waals surface area contributed by atoms with Crippen molar-refractivity contribution in [3.8, 4) is 5.75 Å². The van der Waals surface area contributed by atoms with Crippen molar-refractivity contribution in [2.24, 2.45) is 0 Å². The lowest BCUT2D eigenvalue weighted by Crippen LogP contribution is -2.26. The molecule has 1 N–H and O–H groups in total. The molecule has 10 heteroatoms. The molecule has 0 saturated carbocycles. The van der Waals surface area contributed by atoms with Crippen LogP contribution in [0.25, 0.3) is 6.08 Å². The number of hydrogen-bond donors (Lipinski definition) is 1. The maximum atomic E-state index is 12.5. The molecule has 0 heterocycles. The fourth-order valence-electron chi connectivity index (χ4n) is 2.36. The third-order valence-electron chi connectivity index (χ3n) is 3.79. The van der Waals surface area contributed by atoms with E-state index in [0.717, 1.165) is 10.4 Å². The van der Waals surface area contributed by atoms with Crippen LogP contribution in [0.1, 0.15) is 11.1 Å². The summed E-state index contributed by atoms with van der Waals surface area (Å²) >= 11 is 3.23. The zero-order chi connectivity index (χ0) is 21.6. The van der Waals surface area contributed by atoms with Gasteiger partial charge in [0, 0.05) is 36.8 Å². The summed E-state index contributed by atoms with van der Waals surface area (Å²) in [5.74, 6) is -0.598. The van der Waals surface area contributed by atoms with Gasteiger partial charge in [-0.2, -0.15) is 8.78 Å². The van der Waals surface area contributed by atoms with E-state index in [0.29, 0.717) is 10.0 Å². The number of amides is 1. The molecule has 29 heavy (non-hydrogen) atoms. The minimum atomic E-state index is -3.66. The van der Waals surface area contributed by atoms with Gasteiger partial charge in [-0.05, 0) is 35.9 Å². The Morgan fingerprint density at radius 1 is 1.24 bits per heavy atom. The van der Waals surface area contributed by atoms with Crippen LogP contribution in [0.2, 0.25) is 0 Å². The third-order valence-corrected chi connectivity index (χ3v) is 6.20. The third kappa shape index (κ3) is 6.34. The highest BCUT2D eigenvalue weighted by Crippen LogP contribution is 2.26. The Kier molecular flexibility index (Phi) is 7.88. The van der Waals surface area contributed by atoms with Crippen LogP contribution in [0.3, 0.4) is 0 Å². The number of carbonyl (C=O) groups is 1. The smallest absolute Gasteiger partial charge is 0.387 e. The Balaban J connectivity index is 2.14. The molecule has 0 spiro atoms. The van der Waals surface area contributed by atoms with Gasteiger partial charge in [0.25, 0.3) is 0 Å². The summed E-state index contributed by atoms with van der Waals surface area (Å²) in [7, 11) is -0.819. The van der Waals surface area contributed by atoms with Gasteiger partial charge in [-0.25, -0.2) is 12.7 Å². The summed E-state index contributed by atoms with van der Waals surface area (Å²) in [6, 6.07) is 10.8. The van der Waals surface area contributed by atoms with Crippen LogP contribution in [0, 0.1) is 0 Å². The topological polar surface area (TPSA) is 75.7 Å². The summed E-state index contributed by atoms with van der Waals surface area (Å²) in [4.78, 5) is 12.2. The SMILES string of the molecule is CN(C)S(=O)(=O)c1ccccc1CNC(=O)/C=C/c1cc(Br)ccc1OC(F)F. The molecule has 6 nitrogen and oxygen atoms in total. The average Bonchev–Trinajstić information content (AvgIpc) is 2.66. The van der Waals surface area contributed by atoms with Gasteiger partial charge in [-0.3, -0.25) is 4.79 Å². The first-order chi connectivity index (χ1) is 13.6. The van der Waals surface area contributed by atoms with Crippen molar-refractivity contribution in [3.05, 3.63) is 64.1 Å². The fourth-order valence-corrected chi connectivity index (χ4v) is 3.85. The highest BCUT2D eigenvalue weighted by Gasteiger charge is 2.20. The first-order valence-electron chi connectivity index (χ1n) is 8.32. The van der Waals surface area contributed by atoms with Gasteiger partial charge in [0.1, 0.15) is 5.75 Å². The highest BCUT2D eigenvalue weighted by atomic mass is 79.9. The van der Waals surface area contributed by atoms with Crippen LogP contribution in [0.4, 0.5) is 8.78 Å². The predicted octanol–water partition coefficient (Wildman–Crippen LogP) is 3.63. The Morgan fingerprint density at radius 3 is 2.59 bits per heavy atom. The van der Waals surface area contributed by atoms with E-state index in [1.54, 1.807) is 18.2 Å². The normalized spacial score (nSPS) is 12.0. The molecule has 2 aromatic rings. The molecule has 0 saturated heterocycles. The zero-order valence-corrected chi connectivity index (χ0v) is 18.0. The monoisotopic (exact) mass is 488 g/mol. The molecule has 0 fully saturated rings. The number of rotatable bonds is 8. The number of alkyl halides is 2. The van der Waals surface area contributed by atoms with Gasteiger partial charge in [0.05, 0.1) is 4.90 Å². The summed E-state index contributed by atoms with van der Waals surface area (Å²) in [5.41, 5.74) is 0.706. The molecule has 0 radical (unpaired) electrons. The zero-order valence-electron chi connectivity index (χ0n) is 15.6. The van der Waals surface area contributed by atoms with Crippen molar-refractivity contribution in [1.29, 1.82) is 0 Å². The number of carbonyl (C=O) groups excluding carboxylic acids is 1. The van der Waals surface area contributed by atoms with Crippen LogP contribution in [-0.4, -0.2) is 39.3 Å². The van der Waals surface area contributed by atoms with Gasteiger partial charge in [0.15, 0.2) is 0 Å². The van der Waals surface area contributed by atoms with E-state index in [-0.39, 0.29) is 22.8 Å². The molecule has 0 aliphatic heterocycles. The molecule has 0 unspecified atom stereocenters. The molecule has 2 rings (SSSR count). The largest absolute Gasteiger partial charge is 0.434 e. The van der Waals surface area contributed by atoms with E-state index in [4.69, 9.17) is 0 Å². The van der Waals surface area contributed by atoms with Crippen molar-refractivity contribution in [3.63, 3.8) is 0 Å². The van der Waals surface area contributed by atoms with Gasteiger partial charge >= 0.3 is 6.61 Å².